The molecule has 4 bridgehead atoms. The van der Waals surface area contributed by atoms with Crippen LogP contribution in [0.15, 0.2) is 36.4 Å². The standard InChI is InChI=1S/C18H20N6O/c19-15-14-16-23-17(22-15)20-9-4-2-1-3-6-12-7-5-8-13(10-12)11-24(16)18(25)21-14/h1,3,5,7-8,10H,2,4,6,9,11H2,(H,21,25)(H3,19,20,22,23)/b3-1+. The lowest BCUT2D eigenvalue weighted by molar-refractivity contribution is 0.408. The van der Waals surface area contributed by atoms with E-state index in [0.29, 0.717) is 23.7 Å². The quantitative estimate of drug-likeness (QED) is 0.545. The Morgan fingerprint density at radius 3 is 2.92 bits per heavy atom. The number of nitrogens with one attached hydrogen (secondary N) is 1. The van der Waals surface area contributed by atoms with Crippen molar-refractivity contribution in [2.45, 2.75) is 25.8 Å². The molecule has 0 atom stereocenters. The van der Waals surface area contributed by atoms with Crippen LogP contribution in [0.1, 0.15) is 24.0 Å². The van der Waals surface area contributed by atoms with Crippen molar-refractivity contribution in [3.63, 3.8) is 0 Å². The number of nitrogens with zero attached hydrogens (tertiary/aromatic N) is 4. The molecule has 2 aromatic heterocycles. The van der Waals surface area contributed by atoms with Crippen molar-refractivity contribution >= 4 is 22.9 Å². The molecule has 0 saturated heterocycles. The summed E-state index contributed by atoms with van der Waals surface area (Å²) in [7, 11) is 0. The minimum Gasteiger partial charge on any atom is -0.480 e. The highest BCUT2D eigenvalue weighted by atomic mass is 16.3. The molecule has 0 spiro atoms. The second kappa shape index (κ2) is 6.43. The third-order valence-electron chi connectivity index (χ3n) is 4.28. The summed E-state index contributed by atoms with van der Waals surface area (Å²) in [5, 5.41) is 13.5. The number of allylic oxidation sites excluding steroid dienone is 2. The van der Waals surface area contributed by atoms with Gasteiger partial charge in [-0.15, -0.1) is 0 Å². The SMILES string of the molecule is Nc1nc2nc3c1nc(O)n3Cc1cccc(c1)C/C=C/CCCN2. The van der Waals surface area contributed by atoms with Crippen LogP contribution in [0.2, 0.25) is 0 Å². The molecule has 128 valence electrons. The van der Waals surface area contributed by atoms with Crippen LogP contribution in [0.4, 0.5) is 11.8 Å². The largest absolute Gasteiger partial charge is 0.480 e. The van der Waals surface area contributed by atoms with Gasteiger partial charge < -0.3 is 16.2 Å². The molecule has 1 aromatic carbocycles. The van der Waals surface area contributed by atoms with E-state index in [0.717, 1.165) is 31.4 Å². The van der Waals surface area contributed by atoms with E-state index >= 15 is 0 Å². The zero-order chi connectivity index (χ0) is 17.2. The van der Waals surface area contributed by atoms with Crippen molar-refractivity contribution in [1.29, 1.82) is 0 Å². The van der Waals surface area contributed by atoms with Gasteiger partial charge in [-0.2, -0.15) is 15.0 Å². The molecular weight excluding hydrogens is 316 g/mol. The van der Waals surface area contributed by atoms with Crippen LogP contribution in [0, 0.1) is 0 Å². The van der Waals surface area contributed by atoms with Crippen molar-refractivity contribution in [2.75, 3.05) is 17.6 Å². The van der Waals surface area contributed by atoms with Gasteiger partial charge in [0.1, 0.15) is 0 Å². The van der Waals surface area contributed by atoms with Crippen LogP contribution in [0.3, 0.4) is 0 Å². The van der Waals surface area contributed by atoms with Gasteiger partial charge in [0.2, 0.25) is 5.95 Å². The van der Waals surface area contributed by atoms with Gasteiger partial charge in [0.15, 0.2) is 17.0 Å². The van der Waals surface area contributed by atoms with Crippen molar-refractivity contribution < 1.29 is 5.11 Å². The summed E-state index contributed by atoms with van der Waals surface area (Å²) >= 11 is 0. The zero-order valence-corrected chi connectivity index (χ0v) is 13.8. The summed E-state index contributed by atoms with van der Waals surface area (Å²) in [5.74, 6) is 0.721. The molecular formula is C18H20N6O. The fraction of sp³-hybridized carbons (Fsp3) is 0.278. The Balaban J connectivity index is 1.83. The number of rotatable bonds is 0. The van der Waals surface area contributed by atoms with Gasteiger partial charge >= 0.3 is 0 Å². The van der Waals surface area contributed by atoms with Gasteiger partial charge in [-0.05, 0) is 30.4 Å². The number of nitrogens with two attached hydrogens (primary N) is 1. The molecule has 7 nitrogen and oxygen atoms in total. The minimum absolute atomic E-state index is 0.109. The number of hydrogen-bond donors (Lipinski definition) is 3. The average Bonchev–Trinajstić information content (AvgIpc) is 2.90. The summed E-state index contributed by atoms with van der Waals surface area (Å²) in [6.07, 6.45) is 7.25. The summed E-state index contributed by atoms with van der Waals surface area (Å²) < 4.78 is 1.66. The summed E-state index contributed by atoms with van der Waals surface area (Å²) in [6.45, 7) is 1.22. The molecule has 0 fully saturated rings. The zero-order valence-electron chi connectivity index (χ0n) is 13.8. The van der Waals surface area contributed by atoms with Gasteiger partial charge in [-0.3, -0.25) is 4.57 Å². The van der Waals surface area contributed by atoms with Gasteiger partial charge in [0.05, 0.1) is 6.54 Å². The Bertz CT molecular complexity index is 946. The molecule has 0 amide bonds. The van der Waals surface area contributed by atoms with E-state index < -0.39 is 0 Å². The number of fused-ring (bicyclic) bond motifs is 3. The fourth-order valence-corrected chi connectivity index (χ4v) is 3.03. The lowest BCUT2D eigenvalue weighted by Crippen LogP contribution is -2.08. The van der Waals surface area contributed by atoms with E-state index in [1.807, 2.05) is 12.1 Å². The number of hydrogen-bond acceptors (Lipinski definition) is 6. The maximum atomic E-state index is 10.3. The Morgan fingerprint density at radius 2 is 2.00 bits per heavy atom. The van der Waals surface area contributed by atoms with Crippen LogP contribution in [-0.2, 0) is 13.0 Å². The van der Waals surface area contributed by atoms with E-state index in [9.17, 15) is 5.11 Å². The Morgan fingerprint density at radius 1 is 1.12 bits per heavy atom. The molecule has 4 rings (SSSR count). The van der Waals surface area contributed by atoms with Crippen LogP contribution in [-0.4, -0.2) is 31.2 Å². The summed E-state index contributed by atoms with van der Waals surface area (Å²) in [6, 6.07) is 8.20. The number of benzene rings is 1. The van der Waals surface area contributed by atoms with E-state index in [1.54, 1.807) is 4.57 Å². The molecule has 25 heavy (non-hydrogen) atoms. The molecule has 0 saturated carbocycles. The van der Waals surface area contributed by atoms with Gasteiger partial charge in [0, 0.05) is 6.54 Å². The molecule has 0 aliphatic carbocycles. The van der Waals surface area contributed by atoms with Crippen molar-refractivity contribution in [3.8, 4) is 6.01 Å². The first-order chi connectivity index (χ1) is 12.2. The molecule has 0 radical (unpaired) electrons. The first-order valence-electron chi connectivity index (χ1n) is 8.40. The summed E-state index contributed by atoms with van der Waals surface area (Å²) in [5.41, 5.74) is 9.27. The first-order valence-corrected chi connectivity index (χ1v) is 8.40. The van der Waals surface area contributed by atoms with Crippen molar-refractivity contribution in [3.05, 3.63) is 47.5 Å². The highest BCUT2D eigenvalue weighted by molar-refractivity contribution is 5.84. The monoisotopic (exact) mass is 336 g/mol. The lowest BCUT2D eigenvalue weighted by atomic mass is 10.1. The molecule has 3 heterocycles. The third kappa shape index (κ3) is 3.13. The lowest BCUT2D eigenvalue weighted by Gasteiger charge is -2.08. The number of anilines is 2. The Kier molecular flexibility index (Phi) is 3.97. The second-order valence-corrected chi connectivity index (χ2v) is 6.17. The van der Waals surface area contributed by atoms with Crippen molar-refractivity contribution in [1.82, 2.24) is 19.5 Å². The van der Waals surface area contributed by atoms with Gasteiger partial charge in [-0.25, -0.2) is 0 Å². The van der Waals surface area contributed by atoms with E-state index in [2.05, 4.69) is 44.6 Å². The molecule has 1 aliphatic rings. The predicted molar refractivity (Wildman–Crippen MR) is 97.5 cm³/mol. The summed E-state index contributed by atoms with van der Waals surface area (Å²) in [4.78, 5) is 12.9. The normalized spacial score (nSPS) is 16.2. The Labute approximate surface area is 145 Å². The topological polar surface area (TPSA) is 102 Å². The molecule has 4 N–H and O–H groups in total. The smallest absolute Gasteiger partial charge is 0.296 e. The number of aromatic nitrogens is 4. The molecule has 7 heteroatoms. The maximum absolute atomic E-state index is 10.3. The predicted octanol–water partition coefficient (Wildman–Crippen LogP) is 2.47. The van der Waals surface area contributed by atoms with Crippen molar-refractivity contribution in [2.24, 2.45) is 0 Å². The number of aromatic hydroxyl groups is 1. The average molecular weight is 336 g/mol. The van der Waals surface area contributed by atoms with E-state index in [-0.39, 0.29) is 11.8 Å². The first kappa shape index (κ1) is 15.4. The van der Waals surface area contributed by atoms with Crippen LogP contribution >= 0.6 is 0 Å². The van der Waals surface area contributed by atoms with E-state index in [4.69, 9.17) is 5.73 Å². The molecule has 3 aromatic rings. The van der Waals surface area contributed by atoms with Crippen LogP contribution in [0.5, 0.6) is 6.01 Å². The minimum atomic E-state index is -0.109. The number of nitrogen functional groups attached to an aromatic ring is 1. The Hall–Kier alpha value is -3.09. The second-order valence-electron chi connectivity index (χ2n) is 6.17. The number of imidazole rings is 1. The van der Waals surface area contributed by atoms with E-state index in [1.165, 1.54) is 5.56 Å². The van der Waals surface area contributed by atoms with Gasteiger partial charge in [-0.1, -0.05) is 36.4 Å². The van der Waals surface area contributed by atoms with Crippen LogP contribution in [0.25, 0.3) is 11.2 Å². The third-order valence-corrected chi connectivity index (χ3v) is 4.28. The van der Waals surface area contributed by atoms with Crippen LogP contribution < -0.4 is 11.1 Å². The fourth-order valence-electron chi connectivity index (χ4n) is 3.03. The molecule has 1 aliphatic heterocycles. The highest BCUT2D eigenvalue weighted by Crippen LogP contribution is 2.25. The van der Waals surface area contributed by atoms with Gasteiger partial charge in [0.25, 0.3) is 6.01 Å². The highest BCUT2D eigenvalue weighted by Gasteiger charge is 2.16. The maximum Gasteiger partial charge on any atom is 0.296 e. The molecule has 0 unspecified atom stereocenters.